The van der Waals surface area contributed by atoms with E-state index in [1.165, 1.54) is 7.11 Å². The van der Waals surface area contributed by atoms with Crippen molar-refractivity contribution in [1.29, 1.82) is 0 Å². The fourth-order valence-electron chi connectivity index (χ4n) is 2.59. The number of hydrogen-bond acceptors (Lipinski definition) is 4. The van der Waals surface area contributed by atoms with Crippen LogP contribution in [0.5, 0.6) is 0 Å². The molecule has 5 heteroatoms. The number of β-amino-alcohol motifs (C(OH)–C–C–N with tert-alkyl or cyclic N) is 1. The van der Waals surface area contributed by atoms with Crippen LogP contribution in [-0.4, -0.2) is 42.3 Å². The van der Waals surface area contributed by atoms with E-state index in [0.717, 1.165) is 18.5 Å². The van der Waals surface area contributed by atoms with E-state index in [1.807, 2.05) is 30.0 Å². The first kappa shape index (κ1) is 15.3. The molecule has 2 rings (SSSR count). The second kappa shape index (κ2) is 6.57. The lowest BCUT2D eigenvalue weighted by Crippen LogP contribution is -2.46. The van der Waals surface area contributed by atoms with Crippen molar-refractivity contribution in [1.82, 2.24) is 4.90 Å². The van der Waals surface area contributed by atoms with Crippen molar-refractivity contribution in [2.75, 3.05) is 20.2 Å². The summed E-state index contributed by atoms with van der Waals surface area (Å²) in [6.45, 7) is 3.21. The van der Waals surface area contributed by atoms with Crippen molar-refractivity contribution >= 4 is 17.6 Å². The van der Waals surface area contributed by atoms with Gasteiger partial charge in [0.15, 0.2) is 0 Å². The lowest BCUT2D eigenvalue weighted by Gasteiger charge is -2.38. The Morgan fingerprint density at radius 2 is 2.20 bits per heavy atom. The number of aliphatic hydroxyl groups excluding tert-OH is 1. The van der Waals surface area contributed by atoms with Crippen LogP contribution in [0.25, 0.3) is 0 Å². The second-order valence-electron chi connectivity index (χ2n) is 5.28. The van der Waals surface area contributed by atoms with Gasteiger partial charge in [0.1, 0.15) is 6.04 Å². The summed E-state index contributed by atoms with van der Waals surface area (Å²) >= 11 is 6.21. The fraction of sp³-hybridized carbons (Fsp3) is 0.533. The molecule has 3 unspecified atom stereocenters. The summed E-state index contributed by atoms with van der Waals surface area (Å²) in [6, 6.07) is 6.70. The molecule has 1 N–H and O–H groups in total. The minimum Gasteiger partial charge on any atom is -0.468 e. The first-order chi connectivity index (χ1) is 9.54. The predicted molar refractivity (Wildman–Crippen MR) is 77.6 cm³/mol. The van der Waals surface area contributed by atoms with Crippen molar-refractivity contribution in [3.05, 3.63) is 34.9 Å². The van der Waals surface area contributed by atoms with Gasteiger partial charge in [-0.25, -0.2) is 4.79 Å². The highest BCUT2D eigenvalue weighted by atomic mass is 35.5. The monoisotopic (exact) mass is 297 g/mol. The highest BCUT2D eigenvalue weighted by molar-refractivity contribution is 6.31. The third kappa shape index (κ3) is 3.14. The van der Waals surface area contributed by atoms with Crippen molar-refractivity contribution in [3.63, 3.8) is 0 Å². The largest absolute Gasteiger partial charge is 0.468 e. The standard InChI is InChI=1S/C15H20ClNO3/c1-10-7-8-17(9-13(10)18)14(15(19)20-2)11-5-3-4-6-12(11)16/h3-6,10,13-14,18H,7-9H2,1-2H3. The van der Waals surface area contributed by atoms with E-state index >= 15 is 0 Å². The smallest absolute Gasteiger partial charge is 0.327 e. The Balaban J connectivity index is 2.29. The van der Waals surface area contributed by atoms with E-state index in [4.69, 9.17) is 16.3 Å². The Hall–Kier alpha value is -1.10. The third-order valence-corrected chi connectivity index (χ3v) is 4.28. The van der Waals surface area contributed by atoms with E-state index in [0.29, 0.717) is 11.6 Å². The molecule has 1 aliphatic heterocycles. The van der Waals surface area contributed by atoms with Crippen LogP contribution in [-0.2, 0) is 9.53 Å². The molecule has 0 spiro atoms. The quantitative estimate of drug-likeness (QED) is 0.870. The predicted octanol–water partition coefficient (Wildman–Crippen LogP) is 2.26. The van der Waals surface area contributed by atoms with Crippen LogP contribution < -0.4 is 0 Å². The molecule has 0 saturated carbocycles. The summed E-state index contributed by atoms with van der Waals surface area (Å²) in [7, 11) is 1.37. The van der Waals surface area contributed by atoms with Crippen LogP contribution in [0.15, 0.2) is 24.3 Å². The summed E-state index contributed by atoms with van der Waals surface area (Å²) in [5, 5.41) is 10.6. The van der Waals surface area contributed by atoms with Crippen LogP contribution in [0, 0.1) is 5.92 Å². The van der Waals surface area contributed by atoms with Crippen LogP contribution in [0.1, 0.15) is 24.9 Å². The maximum atomic E-state index is 12.1. The molecule has 0 bridgehead atoms. The molecule has 0 aromatic heterocycles. The van der Waals surface area contributed by atoms with Crippen molar-refractivity contribution in [2.24, 2.45) is 5.92 Å². The Morgan fingerprint density at radius 1 is 1.50 bits per heavy atom. The van der Waals surface area contributed by atoms with Gasteiger partial charge in [0.25, 0.3) is 0 Å². The average Bonchev–Trinajstić information content (AvgIpc) is 2.44. The zero-order valence-corrected chi connectivity index (χ0v) is 12.5. The van der Waals surface area contributed by atoms with Gasteiger partial charge in [-0.2, -0.15) is 0 Å². The first-order valence-corrected chi connectivity index (χ1v) is 7.16. The van der Waals surface area contributed by atoms with Gasteiger partial charge >= 0.3 is 5.97 Å². The van der Waals surface area contributed by atoms with Gasteiger partial charge in [0.2, 0.25) is 0 Å². The molecule has 1 saturated heterocycles. The lowest BCUT2D eigenvalue weighted by atomic mass is 9.93. The summed E-state index contributed by atoms with van der Waals surface area (Å²) in [5.74, 6) is -0.101. The van der Waals surface area contributed by atoms with E-state index in [1.54, 1.807) is 6.07 Å². The molecule has 3 atom stereocenters. The number of piperidine rings is 1. The number of likely N-dealkylation sites (tertiary alicyclic amines) is 1. The number of carbonyl (C=O) groups is 1. The third-order valence-electron chi connectivity index (χ3n) is 3.94. The van der Waals surface area contributed by atoms with Crippen LogP contribution in [0.2, 0.25) is 5.02 Å². The molecule has 110 valence electrons. The fourth-order valence-corrected chi connectivity index (χ4v) is 2.83. The molecule has 1 aliphatic rings. The minimum atomic E-state index is -0.559. The van der Waals surface area contributed by atoms with E-state index in [-0.39, 0.29) is 11.9 Å². The molecule has 0 amide bonds. The molecule has 0 radical (unpaired) electrons. The number of esters is 1. The molecule has 20 heavy (non-hydrogen) atoms. The molecule has 1 fully saturated rings. The second-order valence-corrected chi connectivity index (χ2v) is 5.68. The molecular formula is C15H20ClNO3. The first-order valence-electron chi connectivity index (χ1n) is 6.79. The van der Waals surface area contributed by atoms with Crippen molar-refractivity contribution < 1.29 is 14.6 Å². The van der Waals surface area contributed by atoms with Gasteiger partial charge in [-0.1, -0.05) is 36.7 Å². The van der Waals surface area contributed by atoms with E-state index in [2.05, 4.69) is 0 Å². The minimum absolute atomic E-state index is 0.246. The molecule has 4 nitrogen and oxygen atoms in total. The summed E-state index contributed by atoms with van der Waals surface area (Å²) in [4.78, 5) is 14.1. The molecule has 1 aromatic carbocycles. The van der Waals surface area contributed by atoms with Gasteiger partial charge in [0.05, 0.1) is 13.2 Å². The molecule has 0 aliphatic carbocycles. The maximum Gasteiger partial charge on any atom is 0.327 e. The highest BCUT2D eigenvalue weighted by Crippen LogP contribution is 2.31. The van der Waals surface area contributed by atoms with Gasteiger partial charge in [0, 0.05) is 11.6 Å². The zero-order valence-electron chi connectivity index (χ0n) is 11.8. The Morgan fingerprint density at radius 3 is 2.80 bits per heavy atom. The van der Waals surface area contributed by atoms with Crippen LogP contribution >= 0.6 is 11.6 Å². The van der Waals surface area contributed by atoms with Gasteiger partial charge in [-0.3, -0.25) is 4.90 Å². The highest BCUT2D eigenvalue weighted by Gasteiger charge is 2.35. The molecular weight excluding hydrogens is 278 g/mol. The number of rotatable bonds is 3. The van der Waals surface area contributed by atoms with Gasteiger partial charge in [-0.15, -0.1) is 0 Å². The van der Waals surface area contributed by atoms with Gasteiger partial charge < -0.3 is 9.84 Å². The van der Waals surface area contributed by atoms with Crippen molar-refractivity contribution in [3.8, 4) is 0 Å². The SMILES string of the molecule is COC(=O)C(c1ccccc1Cl)N1CCC(C)C(O)C1. The summed E-state index contributed by atoms with van der Waals surface area (Å²) in [5.41, 5.74) is 0.725. The number of carbonyl (C=O) groups excluding carboxylic acids is 1. The number of halogens is 1. The van der Waals surface area contributed by atoms with Crippen LogP contribution in [0.4, 0.5) is 0 Å². The number of aliphatic hydroxyl groups is 1. The van der Waals surface area contributed by atoms with E-state index in [9.17, 15) is 9.90 Å². The van der Waals surface area contributed by atoms with Crippen molar-refractivity contribution in [2.45, 2.75) is 25.5 Å². The maximum absolute atomic E-state index is 12.1. The normalized spacial score (nSPS) is 25.2. The number of nitrogens with zero attached hydrogens (tertiary/aromatic N) is 1. The topological polar surface area (TPSA) is 49.8 Å². The Kier molecular flexibility index (Phi) is 5.02. The summed E-state index contributed by atoms with van der Waals surface area (Å²) < 4.78 is 4.92. The summed E-state index contributed by atoms with van der Waals surface area (Å²) in [6.07, 6.45) is 0.414. The van der Waals surface area contributed by atoms with Gasteiger partial charge in [-0.05, 0) is 30.5 Å². The Labute approximate surface area is 124 Å². The lowest BCUT2D eigenvalue weighted by molar-refractivity contribution is -0.149. The zero-order chi connectivity index (χ0) is 14.7. The Bertz CT molecular complexity index is 480. The molecule has 1 heterocycles. The molecule has 1 aromatic rings. The number of ether oxygens (including phenoxy) is 1. The van der Waals surface area contributed by atoms with Crippen LogP contribution in [0.3, 0.4) is 0 Å². The number of hydrogen-bond donors (Lipinski definition) is 1. The average molecular weight is 298 g/mol. The number of methoxy groups -OCH3 is 1. The number of benzene rings is 1. The van der Waals surface area contributed by atoms with E-state index < -0.39 is 12.1 Å².